The van der Waals surface area contributed by atoms with Crippen LogP contribution >= 0.6 is 11.3 Å². The summed E-state index contributed by atoms with van der Waals surface area (Å²) in [5.74, 6) is 0.776. The summed E-state index contributed by atoms with van der Waals surface area (Å²) >= 11 is 1.35. The van der Waals surface area contributed by atoms with Gasteiger partial charge in [0.1, 0.15) is 5.75 Å². The minimum absolute atomic E-state index is 0.382. The van der Waals surface area contributed by atoms with E-state index in [4.69, 9.17) is 9.84 Å². The van der Waals surface area contributed by atoms with Crippen LogP contribution in [0.25, 0.3) is 10.2 Å². The van der Waals surface area contributed by atoms with Crippen LogP contribution in [-0.2, 0) is 0 Å². The zero-order valence-electron chi connectivity index (χ0n) is 10.2. The predicted molar refractivity (Wildman–Crippen MR) is 71.8 cm³/mol. The van der Waals surface area contributed by atoms with Crippen molar-refractivity contribution < 1.29 is 14.6 Å². The van der Waals surface area contributed by atoms with E-state index < -0.39 is 6.09 Å². The van der Waals surface area contributed by atoms with Crippen molar-refractivity contribution in [2.45, 2.75) is 13.8 Å². The lowest BCUT2D eigenvalue weighted by atomic mass is 10.3. The van der Waals surface area contributed by atoms with E-state index in [1.165, 1.54) is 16.2 Å². The molecule has 0 aliphatic heterocycles. The van der Waals surface area contributed by atoms with E-state index in [1.54, 1.807) is 6.92 Å². The number of amides is 1. The normalized spacial score (nSPS) is 10.6. The van der Waals surface area contributed by atoms with E-state index in [0.717, 1.165) is 16.0 Å². The number of hydrogen-bond acceptors (Lipinski definition) is 4. The highest BCUT2D eigenvalue weighted by Gasteiger charge is 2.16. The Morgan fingerprint density at radius 2 is 2.28 bits per heavy atom. The van der Waals surface area contributed by atoms with Crippen LogP contribution in [0.15, 0.2) is 18.2 Å². The maximum Gasteiger partial charge on any atom is 0.413 e. The molecule has 2 aromatic rings. The summed E-state index contributed by atoms with van der Waals surface area (Å²) in [6, 6.07) is 5.57. The van der Waals surface area contributed by atoms with Gasteiger partial charge in [0.15, 0.2) is 5.13 Å². The number of carbonyl (C=O) groups is 1. The summed E-state index contributed by atoms with van der Waals surface area (Å²) in [5, 5.41) is 9.55. The quantitative estimate of drug-likeness (QED) is 0.923. The van der Waals surface area contributed by atoms with Gasteiger partial charge in [-0.15, -0.1) is 0 Å². The van der Waals surface area contributed by atoms with Crippen molar-refractivity contribution in [3.63, 3.8) is 0 Å². The summed E-state index contributed by atoms with van der Waals surface area (Å²) < 4.78 is 6.33. The number of ether oxygens (including phenoxy) is 1. The van der Waals surface area contributed by atoms with Gasteiger partial charge >= 0.3 is 6.09 Å². The summed E-state index contributed by atoms with van der Waals surface area (Å²) in [6.07, 6.45) is -0.985. The molecular formula is C12H14N2O3S. The van der Waals surface area contributed by atoms with Crippen LogP contribution in [0, 0.1) is 0 Å². The molecule has 18 heavy (non-hydrogen) atoms. The molecule has 1 heterocycles. The van der Waals surface area contributed by atoms with E-state index in [1.807, 2.05) is 25.1 Å². The van der Waals surface area contributed by atoms with E-state index in [2.05, 4.69) is 4.98 Å². The fraction of sp³-hybridized carbons (Fsp3) is 0.333. The molecule has 2 rings (SSSR count). The fourth-order valence-electron chi connectivity index (χ4n) is 1.62. The minimum atomic E-state index is -0.985. The highest BCUT2D eigenvalue weighted by molar-refractivity contribution is 7.22. The number of nitrogens with zero attached hydrogens (tertiary/aromatic N) is 2. The van der Waals surface area contributed by atoms with Crippen LogP contribution in [0.2, 0.25) is 0 Å². The Morgan fingerprint density at radius 1 is 1.50 bits per heavy atom. The van der Waals surface area contributed by atoms with Gasteiger partial charge in [0.25, 0.3) is 0 Å². The third-order valence-electron chi connectivity index (χ3n) is 2.44. The highest BCUT2D eigenvalue weighted by atomic mass is 32.1. The maximum atomic E-state index is 11.0. The molecule has 1 aromatic carbocycles. The first-order valence-electron chi connectivity index (χ1n) is 5.69. The molecule has 5 nitrogen and oxygen atoms in total. The van der Waals surface area contributed by atoms with Crippen molar-refractivity contribution in [1.82, 2.24) is 4.98 Å². The van der Waals surface area contributed by atoms with E-state index in [-0.39, 0.29) is 0 Å². The molecule has 0 atom stereocenters. The summed E-state index contributed by atoms with van der Waals surface area (Å²) in [4.78, 5) is 16.6. The summed E-state index contributed by atoms with van der Waals surface area (Å²) in [5.41, 5.74) is 0.790. The van der Waals surface area contributed by atoms with Gasteiger partial charge in [-0.3, -0.25) is 4.90 Å². The van der Waals surface area contributed by atoms with Crippen LogP contribution in [0.1, 0.15) is 13.8 Å². The van der Waals surface area contributed by atoms with Crippen LogP contribution in [-0.4, -0.2) is 29.3 Å². The van der Waals surface area contributed by atoms with Crippen molar-refractivity contribution in [3.8, 4) is 5.75 Å². The number of carboxylic acid groups (broad SMARTS) is 1. The lowest BCUT2D eigenvalue weighted by molar-refractivity contribution is 0.202. The first-order valence-corrected chi connectivity index (χ1v) is 6.51. The lowest BCUT2D eigenvalue weighted by Crippen LogP contribution is -2.28. The van der Waals surface area contributed by atoms with Gasteiger partial charge in [0.05, 0.1) is 16.8 Å². The van der Waals surface area contributed by atoms with Crippen LogP contribution in [0.4, 0.5) is 9.93 Å². The number of hydrogen-bond donors (Lipinski definition) is 1. The SMILES string of the molecule is CCOc1ccc2nc(N(CC)C(=O)O)sc2c1. The first-order chi connectivity index (χ1) is 8.65. The monoisotopic (exact) mass is 266 g/mol. The average Bonchev–Trinajstić information content (AvgIpc) is 2.72. The molecule has 0 aliphatic rings. The van der Waals surface area contributed by atoms with Crippen LogP contribution < -0.4 is 9.64 Å². The lowest BCUT2D eigenvalue weighted by Gasteiger charge is -2.11. The van der Waals surface area contributed by atoms with E-state index >= 15 is 0 Å². The zero-order chi connectivity index (χ0) is 13.1. The maximum absolute atomic E-state index is 11.0. The van der Waals surface area contributed by atoms with Gasteiger partial charge in [-0.2, -0.15) is 0 Å². The van der Waals surface area contributed by atoms with E-state index in [9.17, 15) is 4.79 Å². The number of thiazole rings is 1. The molecule has 0 unspecified atom stereocenters. The molecule has 96 valence electrons. The van der Waals surface area contributed by atoms with Gasteiger partial charge in [-0.05, 0) is 32.0 Å². The standard InChI is InChI=1S/C12H14N2O3S/c1-3-14(12(15)16)11-13-9-6-5-8(17-4-2)7-10(9)18-11/h5-7H,3-4H2,1-2H3,(H,15,16). The van der Waals surface area contributed by atoms with Crippen LogP contribution in [0.3, 0.4) is 0 Å². The molecule has 0 saturated heterocycles. The van der Waals surface area contributed by atoms with Crippen molar-refractivity contribution in [1.29, 1.82) is 0 Å². The molecule has 1 amide bonds. The Bertz CT molecular complexity index is 567. The van der Waals surface area contributed by atoms with Crippen molar-refractivity contribution in [2.75, 3.05) is 18.1 Å². The van der Waals surface area contributed by atoms with Crippen LogP contribution in [0.5, 0.6) is 5.75 Å². The Morgan fingerprint density at radius 3 is 2.89 bits per heavy atom. The van der Waals surface area contributed by atoms with Gasteiger partial charge in [-0.25, -0.2) is 9.78 Å². The molecule has 0 bridgehead atoms. The molecule has 0 aliphatic carbocycles. The Balaban J connectivity index is 2.40. The smallest absolute Gasteiger partial charge is 0.413 e. The molecular weight excluding hydrogens is 252 g/mol. The number of benzene rings is 1. The molecule has 0 spiro atoms. The highest BCUT2D eigenvalue weighted by Crippen LogP contribution is 2.31. The number of rotatable bonds is 4. The Kier molecular flexibility index (Phi) is 3.66. The zero-order valence-corrected chi connectivity index (χ0v) is 11.0. The van der Waals surface area contributed by atoms with Gasteiger partial charge < -0.3 is 9.84 Å². The second-order valence-electron chi connectivity index (χ2n) is 3.59. The van der Waals surface area contributed by atoms with Crippen molar-refractivity contribution in [2.24, 2.45) is 0 Å². The minimum Gasteiger partial charge on any atom is -0.494 e. The summed E-state index contributed by atoms with van der Waals surface area (Å²) in [6.45, 7) is 4.69. The van der Waals surface area contributed by atoms with Gasteiger partial charge in [0, 0.05) is 6.54 Å². The Hall–Kier alpha value is -1.82. The second-order valence-corrected chi connectivity index (χ2v) is 4.59. The number of fused-ring (bicyclic) bond motifs is 1. The Labute approximate surface area is 109 Å². The molecule has 6 heteroatoms. The summed E-state index contributed by atoms with van der Waals surface area (Å²) in [7, 11) is 0. The third kappa shape index (κ3) is 2.38. The fourth-order valence-corrected chi connectivity index (χ4v) is 2.67. The first kappa shape index (κ1) is 12.6. The molecule has 1 aromatic heterocycles. The second kappa shape index (κ2) is 5.22. The van der Waals surface area contributed by atoms with E-state index in [0.29, 0.717) is 18.3 Å². The predicted octanol–water partition coefficient (Wildman–Crippen LogP) is 3.20. The number of anilines is 1. The molecule has 0 radical (unpaired) electrons. The molecule has 0 fully saturated rings. The van der Waals surface area contributed by atoms with Gasteiger partial charge in [-0.1, -0.05) is 11.3 Å². The largest absolute Gasteiger partial charge is 0.494 e. The third-order valence-corrected chi connectivity index (χ3v) is 3.48. The van der Waals surface area contributed by atoms with Gasteiger partial charge in [0.2, 0.25) is 0 Å². The molecule has 1 N–H and O–H groups in total. The van der Waals surface area contributed by atoms with Crippen molar-refractivity contribution >= 4 is 32.8 Å². The topological polar surface area (TPSA) is 62.7 Å². The molecule has 0 saturated carbocycles. The number of aromatic nitrogens is 1. The average molecular weight is 266 g/mol. The van der Waals surface area contributed by atoms with Crippen molar-refractivity contribution in [3.05, 3.63) is 18.2 Å².